The number of aromatic carboxylic acids is 1. The van der Waals surface area contributed by atoms with E-state index in [-0.39, 0.29) is 11.7 Å². The molecule has 2 heterocycles. The van der Waals surface area contributed by atoms with Gasteiger partial charge < -0.3 is 15.2 Å². The Labute approximate surface area is 233 Å². The highest BCUT2D eigenvalue weighted by atomic mass is 32.2. The molecule has 0 radical (unpaired) electrons. The van der Waals surface area contributed by atoms with Crippen LogP contribution in [0.4, 0.5) is 5.95 Å². The summed E-state index contributed by atoms with van der Waals surface area (Å²) in [5, 5.41) is 13.5. The summed E-state index contributed by atoms with van der Waals surface area (Å²) in [6.45, 7) is 9.12. The van der Waals surface area contributed by atoms with E-state index >= 15 is 0 Å². The summed E-state index contributed by atoms with van der Waals surface area (Å²) in [5.41, 5.74) is 4.53. The minimum Gasteiger partial charge on any atom is -0.476 e. The molecule has 2 aliphatic rings. The molecule has 1 atom stereocenters. The number of nitrogens with one attached hydrogen (secondary N) is 2. The van der Waals surface area contributed by atoms with Crippen LogP contribution in [0.15, 0.2) is 41.7 Å². The zero-order valence-electron chi connectivity index (χ0n) is 22.9. The lowest BCUT2D eigenvalue weighted by Gasteiger charge is -2.39. The highest BCUT2D eigenvalue weighted by molar-refractivity contribution is 8.00. The molecule has 0 saturated heterocycles. The SMILES string of the molecule is Cc1cccc(C)c1-c1cc(OCC(CC(C)C)NC2CC3(CC3)C2)nc(NSc2cncc(C(=O)O)n2)n1. The van der Waals surface area contributed by atoms with Gasteiger partial charge in [-0.1, -0.05) is 32.0 Å². The number of carboxylic acids is 1. The molecule has 0 aliphatic heterocycles. The van der Waals surface area contributed by atoms with Crippen LogP contribution in [-0.2, 0) is 0 Å². The lowest BCUT2D eigenvalue weighted by Crippen LogP contribution is -2.49. The average molecular weight is 549 g/mol. The quantitative estimate of drug-likeness (QED) is 0.243. The van der Waals surface area contributed by atoms with Crippen molar-refractivity contribution in [2.45, 2.75) is 76.9 Å². The summed E-state index contributed by atoms with van der Waals surface area (Å²) in [6, 6.07) is 8.87. The van der Waals surface area contributed by atoms with E-state index in [0.29, 0.717) is 40.8 Å². The Bertz CT molecular complexity index is 1320. The number of aromatic nitrogens is 4. The smallest absolute Gasteiger partial charge is 0.356 e. The van der Waals surface area contributed by atoms with Gasteiger partial charge in [-0.15, -0.1) is 0 Å². The zero-order chi connectivity index (χ0) is 27.6. The molecule has 0 bridgehead atoms. The van der Waals surface area contributed by atoms with E-state index in [1.807, 2.05) is 12.1 Å². The Morgan fingerprint density at radius 3 is 2.56 bits per heavy atom. The molecule has 2 aromatic heterocycles. The number of rotatable bonds is 12. The Balaban J connectivity index is 1.35. The molecule has 3 N–H and O–H groups in total. The standard InChI is InChI=1S/C29H36N6O3S/c1-17(2)10-20(31-21-12-29(13-21)8-9-29)16-38-24-11-22(26-18(3)6-5-7-19(26)4)33-28(34-24)35-39-25-15-30-14-23(32-25)27(36)37/h5-7,11,14-15,17,20-21,31H,8-10,12-13,16H2,1-4H3,(H,36,37)(H,33,34,35). The van der Waals surface area contributed by atoms with Gasteiger partial charge in [0.2, 0.25) is 11.8 Å². The number of ether oxygens (including phenoxy) is 1. The summed E-state index contributed by atoms with van der Waals surface area (Å²) in [7, 11) is 0. The van der Waals surface area contributed by atoms with Crippen molar-refractivity contribution in [2.24, 2.45) is 11.3 Å². The summed E-state index contributed by atoms with van der Waals surface area (Å²) in [5.74, 6) is 0.250. The highest BCUT2D eigenvalue weighted by Gasteiger charge is 2.52. The van der Waals surface area contributed by atoms with Gasteiger partial charge in [0.05, 0.1) is 18.1 Å². The molecule has 5 rings (SSSR count). The fourth-order valence-corrected chi connectivity index (χ4v) is 6.00. The molecule has 3 aromatic rings. The summed E-state index contributed by atoms with van der Waals surface area (Å²) in [6.07, 6.45) is 9.07. The van der Waals surface area contributed by atoms with Crippen LogP contribution in [0.1, 0.15) is 67.6 Å². The molecule has 0 amide bonds. The van der Waals surface area contributed by atoms with Crippen molar-refractivity contribution in [1.29, 1.82) is 0 Å². The van der Waals surface area contributed by atoms with Crippen molar-refractivity contribution in [3.63, 3.8) is 0 Å². The van der Waals surface area contributed by atoms with Gasteiger partial charge in [0.25, 0.3) is 0 Å². The maximum Gasteiger partial charge on any atom is 0.356 e. The third-order valence-electron chi connectivity index (χ3n) is 7.49. The van der Waals surface area contributed by atoms with Crippen LogP contribution in [0.5, 0.6) is 5.88 Å². The fourth-order valence-electron chi connectivity index (χ4n) is 5.45. The Morgan fingerprint density at radius 2 is 1.90 bits per heavy atom. The third-order valence-corrected chi connectivity index (χ3v) is 8.18. The first-order chi connectivity index (χ1) is 18.7. The van der Waals surface area contributed by atoms with Crippen LogP contribution >= 0.6 is 11.9 Å². The van der Waals surface area contributed by atoms with E-state index in [9.17, 15) is 9.90 Å². The molecule has 1 aromatic carbocycles. The number of anilines is 1. The van der Waals surface area contributed by atoms with E-state index in [0.717, 1.165) is 40.8 Å². The first kappa shape index (κ1) is 27.3. The lowest BCUT2D eigenvalue weighted by atomic mass is 9.76. The van der Waals surface area contributed by atoms with E-state index in [2.05, 4.69) is 64.8 Å². The fraction of sp³-hybridized carbons (Fsp3) is 0.483. The van der Waals surface area contributed by atoms with Crippen molar-refractivity contribution >= 4 is 23.9 Å². The van der Waals surface area contributed by atoms with Crippen LogP contribution in [0.3, 0.4) is 0 Å². The van der Waals surface area contributed by atoms with Gasteiger partial charge in [-0.3, -0.25) is 9.71 Å². The molecule has 2 fully saturated rings. The predicted octanol–water partition coefficient (Wildman–Crippen LogP) is 5.69. The van der Waals surface area contributed by atoms with Crippen LogP contribution in [-0.4, -0.2) is 49.7 Å². The summed E-state index contributed by atoms with van der Waals surface area (Å²) < 4.78 is 9.43. The van der Waals surface area contributed by atoms with E-state index in [4.69, 9.17) is 9.72 Å². The van der Waals surface area contributed by atoms with Gasteiger partial charge in [-0.25, -0.2) is 14.8 Å². The topological polar surface area (TPSA) is 122 Å². The molecule has 1 unspecified atom stereocenters. The molecule has 2 saturated carbocycles. The number of nitrogens with zero attached hydrogens (tertiary/aromatic N) is 4. The summed E-state index contributed by atoms with van der Waals surface area (Å²) >= 11 is 1.10. The number of carbonyl (C=O) groups is 1. The van der Waals surface area contributed by atoms with Gasteiger partial charge >= 0.3 is 5.97 Å². The van der Waals surface area contributed by atoms with Crippen molar-refractivity contribution in [2.75, 3.05) is 11.3 Å². The second kappa shape index (κ2) is 11.5. The van der Waals surface area contributed by atoms with E-state index < -0.39 is 5.97 Å². The first-order valence-corrected chi connectivity index (χ1v) is 14.3. The Kier molecular flexibility index (Phi) is 8.04. The van der Waals surface area contributed by atoms with Crippen molar-refractivity contribution in [3.05, 3.63) is 53.5 Å². The molecular formula is C29H36N6O3S. The van der Waals surface area contributed by atoms with Crippen LogP contribution in [0, 0.1) is 25.2 Å². The monoisotopic (exact) mass is 548 g/mol. The Morgan fingerprint density at radius 1 is 1.15 bits per heavy atom. The van der Waals surface area contributed by atoms with E-state index in [1.165, 1.54) is 38.1 Å². The number of hydrogen-bond acceptors (Lipinski definition) is 9. The maximum absolute atomic E-state index is 11.3. The highest BCUT2D eigenvalue weighted by Crippen LogP contribution is 2.60. The number of carboxylic acid groups (broad SMARTS) is 1. The van der Waals surface area contributed by atoms with E-state index in [1.54, 1.807) is 0 Å². The van der Waals surface area contributed by atoms with Gasteiger partial charge in [0.15, 0.2) is 5.69 Å². The zero-order valence-corrected chi connectivity index (χ0v) is 23.7. The molecule has 1 spiro atoms. The summed E-state index contributed by atoms with van der Waals surface area (Å²) in [4.78, 5) is 28.7. The minimum atomic E-state index is -1.13. The maximum atomic E-state index is 11.3. The number of aryl methyl sites for hydroxylation is 2. The van der Waals surface area contributed by atoms with Crippen molar-refractivity contribution in [1.82, 2.24) is 25.3 Å². The molecule has 39 heavy (non-hydrogen) atoms. The van der Waals surface area contributed by atoms with Gasteiger partial charge in [-0.05, 0) is 68.4 Å². The van der Waals surface area contributed by atoms with Crippen LogP contribution in [0.25, 0.3) is 11.3 Å². The van der Waals surface area contributed by atoms with Crippen molar-refractivity contribution in [3.8, 4) is 17.1 Å². The van der Waals surface area contributed by atoms with Gasteiger partial charge in [0.1, 0.15) is 11.6 Å². The average Bonchev–Trinajstić information content (AvgIpc) is 3.67. The first-order valence-electron chi connectivity index (χ1n) is 13.5. The van der Waals surface area contributed by atoms with Gasteiger partial charge in [-0.2, -0.15) is 4.98 Å². The molecule has 206 valence electrons. The number of benzene rings is 1. The largest absolute Gasteiger partial charge is 0.476 e. The molecular weight excluding hydrogens is 512 g/mol. The predicted molar refractivity (Wildman–Crippen MR) is 152 cm³/mol. The second-order valence-corrected chi connectivity index (χ2v) is 12.2. The minimum absolute atomic E-state index is 0.126. The van der Waals surface area contributed by atoms with Crippen LogP contribution < -0.4 is 14.8 Å². The van der Waals surface area contributed by atoms with Crippen molar-refractivity contribution < 1.29 is 14.6 Å². The molecule has 9 nitrogen and oxygen atoms in total. The second-order valence-electron chi connectivity index (χ2n) is 11.3. The lowest BCUT2D eigenvalue weighted by molar-refractivity contribution is 0.0689. The normalized spacial score (nSPS) is 16.6. The molecule has 10 heteroatoms. The number of hydrogen-bond donors (Lipinski definition) is 3. The van der Waals surface area contributed by atoms with Crippen LogP contribution in [0.2, 0.25) is 0 Å². The Hall–Kier alpha value is -3.24. The third kappa shape index (κ3) is 6.86. The van der Waals surface area contributed by atoms with Gasteiger partial charge in [0, 0.05) is 35.7 Å². The molecule has 2 aliphatic carbocycles.